The van der Waals surface area contributed by atoms with Gasteiger partial charge in [0.05, 0.1) is 14.2 Å². The Kier molecular flexibility index (Phi) is 7.51. The molecule has 0 spiro atoms. The standard InChI is InChI=1S/C16H24N4O5/c1-5-9(2)13(18-16(17)23)15(22)20-19-14(21)10-6-7-11(24-3)12(8-10)25-4/h6-9,13H,5H2,1-4H3,(H,19,21)(H,20,22)(H3,17,18,23). The normalized spacial score (nSPS) is 12.5. The highest BCUT2D eigenvalue weighted by Gasteiger charge is 2.25. The maximum Gasteiger partial charge on any atom is 0.312 e. The fraction of sp³-hybridized carbons (Fsp3) is 0.438. The fourth-order valence-corrected chi connectivity index (χ4v) is 2.10. The highest BCUT2D eigenvalue weighted by atomic mass is 16.5. The predicted octanol–water partition coefficient (Wildman–Crippen LogP) is 0.548. The summed E-state index contributed by atoms with van der Waals surface area (Å²) in [7, 11) is 2.94. The second-order valence-electron chi connectivity index (χ2n) is 5.38. The highest BCUT2D eigenvalue weighted by molar-refractivity contribution is 5.96. The number of rotatable bonds is 7. The summed E-state index contributed by atoms with van der Waals surface area (Å²) in [6, 6.07) is 2.91. The zero-order valence-electron chi connectivity index (χ0n) is 14.7. The van der Waals surface area contributed by atoms with Crippen molar-refractivity contribution in [1.82, 2.24) is 16.2 Å². The molecule has 0 heterocycles. The molecular formula is C16H24N4O5. The molecule has 0 aliphatic rings. The molecule has 0 aliphatic carbocycles. The molecule has 0 bridgehead atoms. The molecule has 2 atom stereocenters. The Balaban J connectivity index is 2.77. The van der Waals surface area contributed by atoms with Gasteiger partial charge in [-0.2, -0.15) is 0 Å². The number of nitrogens with two attached hydrogens (primary N) is 1. The quantitative estimate of drug-likeness (QED) is 0.532. The maximum absolute atomic E-state index is 12.2. The van der Waals surface area contributed by atoms with Crippen molar-refractivity contribution in [2.75, 3.05) is 14.2 Å². The Hall–Kier alpha value is -2.97. The predicted molar refractivity (Wildman–Crippen MR) is 91.1 cm³/mol. The summed E-state index contributed by atoms with van der Waals surface area (Å²) in [5.41, 5.74) is 9.93. The Morgan fingerprint density at radius 3 is 2.28 bits per heavy atom. The Bertz CT molecular complexity index is 635. The van der Waals surface area contributed by atoms with Crippen LogP contribution in [0.3, 0.4) is 0 Å². The van der Waals surface area contributed by atoms with Gasteiger partial charge in [-0.15, -0.1) is 0 Å². The summed E-state index contributed by atoms with van der Waals surface area (Å²) < 4.78 is 10.2. The van der Waals surface area contributed by atoms with E-state index in [1.54, 1.807) is 13.0 Å². The number of ether oxygens (including phenoxy) is 2. The van der Waals surface area contributed by atoms with Gasteiger partial charge in [0.25, 0.3) is 11.8 Å². The van der Waals surface area contributed by atoms with Crippen LogP contribution in [0, 0.1) is 5.92 Å². The summed E-state index contributed by atoms with van der Waals surface area (Å²) in [6.45, 7) is 3.66. The van der Waals surface area contributed by atoms with Gasteiger partial charge in [0.15, 0.2) is 11.5 Å². The summed E-state index contributed by atoms with van der Waals surface area (Å²) in [4.78, 5) is 35.4. The number of methoxy groups -OCH3 is 2. The molecule has 0 saturated carbocycles. The van der Waals surface area contributed by atoms with E-state index < -0.39 is 23.9 Å². The van der Waals surface area contributed by atoms with Gasteiger partial charge < -0.3 is 20.5 Å². The Labute approximate surface area is 146 Å². The van der Waals surface area contributed by atoms with Crippen LogP contribution in [0.15, 0.2) is 18.2 Å². The van der Waals surface area contributed by atoms with E-state index in [-0.39, 0.29) is 11.5 Å². The molecule has 9 nitrogen and oxygen atoms in total. The van der Waals surface area contributed by atoms with E-state index in [4.69, 9.17) is 15.2 Å². The molecule has 1 aromatic rings. The maximum atomic E-state index is 12.2. The molecule has 0 radical (unpaired) electrons. The molecule has 1 rings (SSSR count). The molecule has 0 aromatic heterocycles. The van der Waals surface area contributed by atoms with Crippen LogP contribution in [0.1, 0.15) is 30.6 Å². The first kappa shape index (κ1) is 20.1. The van der Waals surface area contributed by atoms with Crippen molar-refractivity contribution < 1.29 is 23.9 Å². The molecule has 2 unspecified atom stereocenters. The summed E-state index contributed by atoms with van der Waals surface area (Å²) in [6.07, 6.45) is 0.641. The monoisotopic (exact) mass is 352 g/mol. The Morgan fingerprint density at radius 2 is 1.76 bits per heavy atom. The first-order valence-corrected chi connectivity index (χ1v) is 7.72. The second-order valence-corrected chi connectivity index (χ2v) is 5.38. The first-order valence-electron chi connectivity index (χ1n) is 7.72. The number of hydrogen-bond acceptors (Lipinski definition) is 5. The lowest BCUT2D eigenvalue weighted by molar-refractivity contribution is -0.124. The van der Waals surface area contributed by atoms with E-state index in [0.717, 1.165) is 0 Å². The largest absolute Gasteiger partial charge is 0.493 e. The third kappa shape index (κ3) is 5.55. The smallest absolute Gasteiger partial charge is 0.312 e. The van der Waals surface area contributed by atoms with Crippen molar-refractivity contribution in [3.8, 4) is 11.5 Å². The number of urea groups is 1. The summed E-state index contributed by atoms with van der Waals surface area (Å²) in [5, 5.41) is 2.37. The Morgan fingerprint density at radius 1 is 1.12 bits per heavy atom. The number of carbonyl (C=O) groups is 3. The van der Waals surface area contributed by atoms with Crippen molar-refractivity contribution in [2.24, 2.45) is 11.7 Å². The van der Waals surface area contributed by atoms with Gasteiger partial charge in [-0.05, 0) is 24.1 Å². The van der Waals surface area contributed by atoms with E-state index in [9.17, 15) is 14.4 Å². The van der Waals surface area contributed by atoms with E-state index in [1.807, 2.05) is 6.92 Å². The van der Waals surface area contributed by atoms with Gasteiger partial charge in [-0.3, -0.25) is 20.4 Å². The zero-order chi connectivity index (χ0) is 19.0. The minimum atomic E-state index is -0.854. The number of benzene rings is 1. The van der Waals surface area contributed by atoms with Crippen LogP contribution in [-0.2, 0) is 4.79 Å². The van der Waals surface area contributed by atoms with Crippen LogP contribution >= 0.6 is 0 Å². The third-order valence-corrected chi connectivity index (χ3v) is 3.74. The molecule has 9 heteroatoms. The van der Waals surface area contributed by atoms with Gasteiger partial charge in [0.2, 0.25) is 0 Å². The molecule has 4 amide bonds. The second kappa shape index (κ2) is 9.36. The van der Waals surface area contributed by atoms with Crippen molar-refractivity contribution >= 4 is 17.8 Å². The van der Waals surface area contributed by atoms with Crippen molar-refractivity contribution in [3.63, 3.8) is 0 Å². The lowest BCUT2D eigenvalue weighted by atomic mass is 9.99. The highest BCUT2D eigenvalue weighted by Crippen LogP contribution is 2.27. The van der Waals surface area contributed by atoms with Crippen LogP contribution < -0.4 is 31.4 Å². The van der Waals surface area contributed by atoms with E-state index in [1.165, 1.54) is 26.4 Å². The minimum absolute atomic E-state index is 0.162. The molecule has 0 aliphatic heterocycles. The topological polar surface area (TPSA) is 132 Å². The van der Waals surface area contributed by atoms with Gasteiger partial charge in [0.1, 0.15) is 6.04 Å². The van der Waals surface area contributed by atoms with Gasteiger partial charge in [-0.25, -0.2) is 4.79 Å². The summed E-state index contributed by atoms with van der Waals surface area (Å²) >= 11 is 0. The number of carbonyl (C=O) groups excluding carboxylic acids is 3. The molecule has 0 fully saturated rings. The third-order valence-electron chi connectivity index (χ3n) is 3.74. The van der Waals surface area contributed by atoms with Crippen molar-refractivity contribution in [1.29, 1.82) is 0 Å². The van der Waals surface area contributed by atoms with Crippen LogP contribution in [0.2, 0.25) is 0 Å². The number of hydrogen-bond donors (Lipinski definition) is 4. The van der Waals surface area contributed by atoms with Gasteiger partial charge in [0, 0.05) is 5.56 Å². The van der Waals surface area contributed by atoms with Crippen LogP contribution in [0.5, 0.6) is 11.5 Å². The minimum Gasteiger partial charge on any atom is -0.493 e. The molecule has 5 N–H and O–H groups in total. The van der Waals surface area contributed by atoms with E-state index in [0.29, 0.717) is 17.9 Å². The zero-order valence-corrected chi connectivity index (χ0v) is 14.7. The average Bonchev–Trinajstić information content (AvgIpc) is 2.62. The average molecular weight is 352 g/mol. The lowest BCUT2D eigenvalue weighted by Gasteiger charge is -2.22. The van der Waals surface area contributed by atoms with E-state index in [2.05, 4.69) is 16.2 Å². The van der Waals surface area contributed by atoms with E-state index >= 15 is 0 Å². The molecule has 138 valence electrons. The van der Waals surface area contributed by atoms with Gasteiger partial charge >= 0.3 is 6.03 Å². The number of nitrogens with one attached hydrogen (secondary N) is 3. The molecule has 25 heavy (non-hydrogen) atoms. The lowest BCUT2D eigenvalue weighted by Crippen LogP contribution is -2.55. The van der Waals surface area contributed by atoms with Gasteiger partial charge in [-0.1, -0.05) is 20.3 Å². The molecule has 1 aromatic carbocycles. The SMILES string of the molecule is CCC(C)C(NC(N)=O)C(=O)NNC(=O)c1ccc(OC)c(OC)c1. The van der Waals surface area contributed by atoms with Crippen molar-refractivity contribution in [3.05, 3.63) is 23.8 Å². The summed E-state index contributed by atoms with van der Waals surface area (Å²) in [5.74, 6) is -0.413. The number of hydrazine groups is 1. The van der Waals surface area contributed by atoms with Crippen molar-refractivity contribution in [2.45, 2.75) is 26.3 Å². The molecular weight excluding hydrogens is 328 g/mol. The van der Waals surface area contributed by atoms with Crippen LogP contribution in [0.4, 0.5) is 4.79 Å². The van der Waals surface area contributed by atoms with Crippen LogP contribution in [-0.4, -0.2) is 38.1 Å². The number of amides is 4. The molecule has 0 saturated heterocycles. The first-order chi connectivity index (χ1) is 11.8. The fourth-order valence-electron chi connectivity index (χ4n) is 2.10. The van der Waals surface area contributed by atoms with Crippen LogP contribution in [0.25, 0.3) is 0 Å². The number of primary amides is 1.